The predicted octanol–water partition coefficient (Wildman–Crippen LogP) is 2.89. The van der Waals surface area contributed by atoms with Crippen molar-refractivity contribution >= 4 is 27.8 Å². The Hall–Kier alpha value is -3.20. The van der Waals surface area contributed by atoms with Gasteiger partial charge in [-0.3, -0.25) is 0 Å². The fourth-order valence-electron chi connectivity index (χ4n) is 3.70. The summed E-state index contributed by atoms with van der Waals surface area (Å²) in [7, 11) is 0. The number of aromatic nitrogens is 3. The Labute approximate surface area is 186 Å². The zero-order valence-corrected chi connectivity index (χ0v) is 18.3. The molecule has 31 heavy (non-hydrogen) atoms. The van der Waals surface area contributed by atoms with Gasteiger partial charge in [0, 0.05) is 17.6 Å². The minimum Gasteiger partial charge on any atom is -0.478 e. The van der Waals surface area contributed by atoms with Gasteiger partial charge < -0.3 is 10.0 Å². The van der Waals surface area contributed by atoms with Crippen LogP contribution in [0.1, 0.15) is 35.2 Å². The lowest BCUT2D eigenvalue weighted by molar-refractivity contribution is 0.0697. The summed E-state index contributed by atoms with van der Waals surface area (Å²) in [4.78, 5) is 44.0. The number of carboxylic acid groups (broad SMARTS) is 1. The number of rotatable bonds is 5. The van der Waals surface area contributed by atoms with Crippen molar-refractivity contribution in [1.29, 1.82) is 0 Å². The first-order valence-electron chi connectivity index (χ1n) is 10.0. The van der Waals surface area contributed by atoms with Gasteiger partial charge in [0.1, 0.15) is 0 Å². The van der Waals surface area contributed by atoms with Gasteiger partial charge in [0.2, 0.25) is 5.95 Å². The van der Waals surface area contributed by atoms with Crippen molar-refractivity contribution in [3.8, 4) is 5.69 Å². The van der Waals surface area contributed by atoms with Gasteiger partial charge >= 0.3 is 17.3 Å². The second-order valence-corrected chi connectivity index (χ2v) is 8.34. The van der Waals surface area contributed by atoms with Gasteiger partial charge in [-0.2, -0.15) is 4.98 Å². The van der Waals surface area contributed by atoms with E-state index in [-0.39, 0.29) is 18.1 Å². The molecule has 0 aliphatic carbocycles. The molecule has 1 N–H and O–H groups in total. The molecule has 1 aliphatic rings. The highest BCUT2D eigenvalue weighted by molar-refractivity contribution is 9.10. The van der Waals surface area contributed by atoms with E-state index in [1.165, 1.54) is 16.7 Å². The zero-order valence-electron chi connectivity index (χ0n) is 16.7. The lowest BCUT2D eigenvalue weighted by atomic mass is 10.1. The largest absolute Gasteiger partial charge is 0.478 e. The fourth-order valence-corrected chi connectivity index (χ4v) is 3.97. The smallest absolute Gasteiger partial charge is 0.355 e. The predicted molar refractivity (Wildman–Crippen MR) is 120 cm³/mol. The lowest BCUT2D eigenvalue weighted by Gasteiger charge is -2.29. The second kappa shape index (κ2) is 8.89. The number of halogens is 1. The Morgan fingerprint density at radius 3 is 2.42 bits per heavy atom. The van der Waals surface area contributed by atoms with E-state index in [2.05, 4.69) is 20.9 Å². The molecule has 2 aromatic carbocycles. The summed E-state index contributed by atoms with van der Waals surface area (Å²) in [6.45, 7) is 1.43. The summed E-state index contributed by atoms with van der Waals surface area (Å²) in [5, 5.41) is 9.39. The number of benzene rings is 2. The van der Waals surface area contributed by atoms with Crippen molar-refractivity contribution in [3.63, 3.8) is 0 Å². The standard InChI is InChI=1S/C22H21BrN4O4/c23-17-9-7-15(8-10-17)14-26-21(30)24-20(25-11-2-1-3-12-25)27(22(26)31)18-6-4-5-16(13-18)19(28)29/h4-10,13H,1-3,11-12,14H2,(H,28,29). The van der Waals surface area contributed by atoms with Gasteiger partial charge in [0.25, 0.3) is 0 Å². The van der Waals surface area contributed by atoms with Crippen molar-refractivity contribution in [1.82, 2.24) is 14.1 Å². The summed E-state index contributed by atoms with van der Waals surface area (Å²) < 4.78 is 3.31. The summed E-state index contributed by atoms with van der Waals surface area (Å²) in [5.74, 6) is -0.838. The molecule has 9 heteroatoms. The lowest BCUT2D eigenvalue weighted by Crippen LogP contribution is -2.45. The first-order chi connectivity index (χ1) is 14.9. The highest BCUT2D eigenvalue weighted by Gasteiger charge is 2.22. The van der Waals surface area contributed by atoms with Crippen LogP contribution in [0.15, 0.2) is 62.6 Å². The van der Waals surface area contributed by atoms with Crippen molar-refractivity contribution in [2.24, 2.45) is 0 Å². The normalized spacial score (nSPS) is 13.9. The third-order valence-electron chi connectivity index (χ3n) is 5.29. The number of carbonyl (C=O) groups is 1. The Balaban J connectivity index is 1.89. The third-order valence-corrected chi connectivity index (χ3v) is 5.82. The molecular weight excluding hydrogens is 464 g/mol. The van der Waals surface area contributed by atoms with E-state index in [1.54, 1.807) is 12.1 Å². The molecule has 2 heterocycles. The number of aromatic carboxylic acids is 1. The molecular formula is C22H21BrN4O4. The highest BCUT2D eigenvalue weighted by Crippen LogP contribution is 2.20. The van der Waals surface area contributed by atoms with Gasteiger partial charge in [0.05, 0.1) is 17.8 Å². The molecule has 0 radical (unpaired) electrons. The van der Waals surface area contributed by atoms with Crippen LogP contribution in [0.4, 0.5) is 5.95 Å². The second-order valence-electron chi connectivity index (χ2n) is 7.43. The number of hydrogen-bond donors (Lipinski definition) is 1. The number of hydrogen-bond acceptors (Lipinski definition) is 5. The van der Waals surface area contributed by atoms with Crippen molar-refractivity contribution in [3.05, 3.63) is 85.1 Å². The molecule has 8 nitrogen and oxygen atoms in total. The number of piperidine rings is 1. The molecule has 4 rings (SSSR count). The zero-order chi connectivity index (χ0) is 22.0. The summed E-state index contributed by atoms with van der Waals surface area (Å²) in [6.07, 6.45) is 2.95. The fraction of sp³-hybridized carbons (Fsp3) is 0.273. The molecule has 0 amide bonds. The maximum absolute atomic E-state index is 13.5. The molecule has 3 aromatic rings. The molecule has 160 valence electrons. The van der Waals surface area contributed by atoms with E-state index in [4.69, 9.17) is 0 Å². The molecule has 1 aromatic heterocycles. The molecule has 0 saturated carbocycles. The SMILES string of the molecule is O=C(O)c1cccc(-n2c(N3CCCCC3)nc(=O)n(Cc3ccc(Br)cc3)c2=O)c1. The monoisotopic (exact) mass is 484 g/mol. The quantitative estimate of drug-likeness (QED) is 0.597. The molecule has 0 unspecified atom stereocenters. The number of anilines is 1. The van der Waals surface area contributed by atoms with E-state index in [0.29, 0.717) is 18.8 Å². The molecule has 0 spiro atoms. The number of carboxylic acids is 1. The van der Waals surface area contributed by atoms with Crippen LogP contribution >= 0.6 is 15.9 Å². The number of nitrogens with zero attached hydrogens (tertiary/aromatic N) is 4. The van der Waals surface area contributed by atoms with Gasteiger partial charge in [-0.25, -0.2) is 23.5 Å². The van der Waals surface area contributed by atoms with Crippen LogP contribution in [0.2, 0.25) is 0 Å². The molecule has 0 atom stereocenters. The Morgan fingerprint density at radius 1 is 1.03 bits per heavy atom. The van der Waals surface area contributed by atoms with Crippen LogP contribution in [0.25, 0.3) is 5.69 Å². The topological polar surface area (TPSA) is 97.4 Å². The Bertz CT molecular complexity index is 1230. The van der Waals surface area contributed by atoms with Crippen molar-refractivity contribution < 1.29 is 9.90 Å². The van der Waals surface area contributed by atoms with Crippen LogP contribution < -0.4 is 16.3 Å². The molecule has 1 aliphatic heterocycles. The first-order valence-corrected chi connectivity index (χ1v) is 10.8. The van der Waals surface area contributed by atoms with E-state index in [9.17, 15) is 19.5 Å². The average Bonchev–Trinajstić information content (AvgIpc) is 2.78. The van der Waals surface area contributed by atoms with Gasteiger partial charge in [-0.15, -0.1) is 0 Å². The maximum Gasteiger partial charge on any atom is 0.355 e. The van der Waals surface area contributed by atoms with Gasteiger partial charge in [-0.1, -0.05) is 34.1 Å². The van der Waals surface area contributed by atoms with Crippen LogP contribution in [-0.4, -0.2) is 38.3 Å². The molecule has 0 bridgehead atoms. The minimum atomic E-state index is -1.09. The van der Waals surface area contributed by atoms with E-state index in [1.807, 2.05) is 29.2 Å². The van der Waals surface area contributed by atoms with Crippen molar-refractivity contribution in [2.75, 3.05) is 18.0 Å². The highest BCUT2D eigenvalue weighted by atomic mass is 79.9. The van der Waals surface area contributed by atoms with E-state index < -0.39 is 17.3 Å². The minimum absolute atomic E-state index is 0.0552. The summed E-state index contributed by atoms with van der Waals surface area (Å²) >= 11 is 3.37. The van der Waals surface area contributed by atoms with Gasteiger partial charge in [-0.05, 0) is 55.2 Å². The molecule has 1 saturated heterocycles. The van der Waals surface area contributed by atoms with Gasteiger partial charge in [0.15, 0.2) is 0 Å². The first kappa shape index (κ1) is 21.0. The summed E-state index contributed by atoms with van der Waals surface area (Å²) in [6, 6.07) is 13.4. The average molecular weight is 485 g/mol. The Morgan fingerprint density at radius 2 is 1.74 bits per heavy atom. The van der Waals surface area contributed by atoms with Crippen molar-refractivity contribution in [2.45, 2.75) is 25.8 Å². The molecule has 1 fully saturated rings. The van der Waals surface area contributed by atoms with Crippen LogP contribution in [0.3, 0.4) is 0 Å². The summed E-state index contributed by atoms with van der Waals surface area (Å²) in [5.41, 5.74) is 0.0214. The van der Waals surface area contributed by atoms with Crippen LogP contribution in [0.5, 0.6) is 0 Å². The Kier molecular flexibility index (Phi) is 6.03. The van der Waals surface area contributed by atoms with E-state index in [0.717, 1.165) is 33.9 Å². The van der Waals surface area contributed by atoms with E-state index >= 15 is 0 Å². The maximum atomic E-state index is 13.5. The third kappa shape index (κ3) is 4.46. The van der Waals surface area contributed by atoms with Crippen LogP contribution in [0, 0.1) is 0 Å². The van der Waals surface area contributed by atoms with Crippen LogP contribution in [-0.2, 0) is 6.54 Å².